The summed E-state index contributed by atoms with van der Waals surface area (Å²) in [5.74, 6) is 0.117. The maximum atomic E-state index is 13.1. The molecule has 28 heavy (non-hydrogen) atoms. The molecule has 0 saturated heterocycles. The van der Waals surface area contributed by atoms with Gasteiger partial charge in [0.25, 0.3) is 0 Å². The van der Waals surface area contributed by atoms with Gasteiger partial charge in [0.2, 0.25) is 11.0 Å². The Balaban J connectivity index is 1.43. The second kappa shape index (κ2) is 7.93. The molecule has 2 atom stereocenters. The second-order valence-corrected chi connectivity index (χ2v) is 9.58. The van der Waals surface area contributed by atoms with Crippen molar-refractivity contribution in [2.45, 2.75) is 42.8 Å². The van der Waals surface area contributed by atoms with Crippen LogP contribution in [0.25, 0.3) is 0 Å². The molecular weight excluding hydrogens is 388 g/mol. The van der Waals surface area contributed by atoms with Gasteiger partial charge in [0.05, 0.1) is 5.25 Å². The predicted octanol–water partition coefficient (Wildman–Crippen LogP) is 5.05. The molecule has 4 rings (SSSR count). The van der Waals surface area contributed by atoms with E-state index in [1.807, 2.05) is 42.2 Å². The standard InChI is InChI=1S/C21H22N4OS2/c1-13-7-6-9-17(11-13)22-20-23-24-21(28-20)27-15(3)19(26)25-14(2)12-16-8-4-5-10-18(16)25/h4-11,14-15H,12H2,1-3H3,(H,22,23)/t14-,15-/m0/s1. The van der Waals surface area contributed by atoms with E-state index in [1.54, 1.807) is 0 Å². The van der Waals surface area contributed by atoms with Crippen molar-refractivity contribution in [3.8, 4) is 0 Å². The first-order valence-corrected chi connectivity index (χ1v) is 11.0. The molecule has 1 aliphatic heterocycles. The zero-order valence-electron chi connectivity index (χ0n) is 16.0. The normalized spacial score (nSPS) is 16.7. The summed E-state index contributed by atoms with van der Waals surface area (Å²) in [6, 6.07) is 16.5. The third-order valence-electron chi connectivity index (χ3n) is 4.75. The number of thioether (sulfide) groups is 1. The summed E-state index contributed by atoms with van der Waals surface area (Å²) in [5.41, 5.74) is 4.44. The van der Waals surface area contributed by atoms with E-state index in [9.17, 15) is 4.79 Å². The highest BCUT2D eigenvalue weighted by molar-refractivity contribution is 8.02. The van der Waals surface area contributed by atoms with Crippen LogP contribution in [0.3, 0.4) is 0 Å². The molecule has 0 saturated carbocycles. The Labute approximate surface area is 173 Å². The Kier molecular flexibility index (Phi) is 5.37. The van der Waals surface area contributed by atoms with Gasteiger partial charge in [-0.2, -0.15) is 0 Å². The number of rotatable bonds is 5. The van der Waals surface area contributed by atoms with Gasteiger partial charge >= 0.3 is 0 Å². The number of anilines is 3. The number of aryl methyl sites for hydroxylation is 1. The van der Waals surface area contributed by atoms with Gasteiger partial charge in [-0.1, -0.05) is 53.4 Å². The molecule has 2 heterocycles. The Morgan fingerprint density at radius 3 is 2.89 bits per heavy atom. The van der Waals surface area contributed by atoms with E-state index in [0.29, 0.717) is 0 Å². The minimum absolute atomic E-state index is 0.117. The zero-order valence-corrected chi connectivity index (χ0v) is 17.7. The number of hydrogen-bond acceptors (Lipinski definition) is 6. The number of carbonyl (C=O) groups excluding carboxylic acids is 1. The lowest BCUT2D eigenvalue weighted by Crippen LogP contribution is -2.40. The van der Waals surface area contributed by atoms with Crippen LogP contribution >= 0.6 is 23.1 Å². The van der Waals surface area contributed by atoms with Crippen LogP contribution < -0.4 is 10.2 Å². The van der Waals surface area contributed by atoms with Crippen molar-refractivity contribution in [1.29, 1.82) is 0 Å². The van der Waals surface area contributed by atoms with Crippen molar-refractivity contribution in [3.05, 3.63) is 59.7 Å². The van der Waals surface area contributed by atoms with E-state index < -0.39 is 0 Å². The van der Waals surface area contributed by atoms with Gasteiger partial charge in [-0.05, 0) is 56.5 Å². The van der Waals surface area contributed by atoms with E-state index in [0.717, 1.165) is 27.3 Å². The molecule has 1 N–H and O–H groups in total. The quantitative estimate of drug-likeness (QED) is 0.597. The van der Waals surface area contributed by atoms with Crippen LogP contribution in [-0.4, -0.2) is 27.4 Å². The lowest BCUT2D eigenvalue weighted by atomic mass is 10.1. The van der Waals surface area contributed by atoms with E-state index in [4.69, 9.17) is 0 Å². The number of benzene rings is 2. The molecule has 0 radical (unpaired) electrons. The molecule has 0 spiro atoms. The number of amides is 1. The maximum absolute atomic E-state index is 13.1. The van der Waals surface area contributed by atoms with Crippen molar-refractivity contribution < 1.29 is 4.79 Å². The van der Waals surface area contributed by atoms with Crippen LogP contribution in [0.2, 0.25) is 0 Å². The van der Waals surface area contributed by atoms with Gasteiger partial charge in [-0.3, -0.25) is 4.79 Å². The molecule has 1 aromatic heterocycles. The summed E-state index contributed by atoms with van der Waals surface area (Å²) in [5, 5.41) is 12.2. The summed E-state index contributed by atoms with van der Waals surface area (Å²) in [6.07, 6.45) is 0.905. The summed E-state index contributed by atoms with van der Waals surface area (Å²) in [6.45, 7) is 6.09. The van der Waals surface area contributed by atoms with Crippen molar-refractivity contribution >= 4 is 45.5 Å². The summed E-state index contributed by atoms with van der Waals surface area (Å²) in [4.78, 5) is 15.0. The average Bonchev–Trinajstić information content (AvgIpc) is 3.24. The van der Waals surface area contributed by atoms with Gasteiger partial charge in [0.1, 0.15) is 0 Å². The van der Waals surface area contributed by atoms with Crippen LogP contribution in [0.15, 0.2) is 52.9 Å². The molecule has 0 fully saturated rings. The van der Waals surface area contributed by atoms with Crippen molar-refractivity contribution in [2.75, 3.05) is 10.2 Å². The average molecular weight is 411 g/mol. The first-order chi connectivity index (χ1) is 13.5. The number of hydrogen-bond donors (Lipinski definition) is 1. The number of aromatic nitrogens is 2. The van der Waals surface area contributed by atoms with Gasteiger partial charge in [-0.25, -0.2) is 0 Å². The van der Waals surface area contributed by atoms with E-state index >= 15 is 0 Å². The Morgan fingerprint density at radius 1 is 1.25 bits per heavy atom. The molecule has 2 aromatic carbocycles. The maximum Gasteiger partial charge on any atom is 0.240 e. The molecule has 0 unspecified atom stereocenters. The van der Waals surface area contributed by atoms with Crippen LogP contribution in [0.4, 0.5) is 16.5 Å². The summed E-state index contributed by atoms with van der Waals surface area (Å²) >= 11 is 2.93. The lowest BCUT2D eigenvalue weighted by Gasteiger charge is -2.25. The number of para-hydroxylation sites is 1. The Hall–Kier alpha value is -2.38. The number of fused-ring (bicyclic) bond motifs is 1. The third kappa shape index (κ3) is 3.91. The highest BCUT2D eigenvalue weighted by atomic mass is 32.2. The Morgan fingerprint density at radius 2 is 2.07 bits per heavy atom. The van der Waals surface area contributed by atoms with Crippen LogP contribution in [0.5, 0.6) is 0 Å². The van der Waals surface area contributed by atoms with E-state index in [-0.39, 0.29) is 17.2 Å². The van der Waals surface area contributed by atoms with E-state index in [1.165, 1.54) is 34.2 Å². The minimum atomic E-state index is -0.228. The van der Waals surface area contributed by atoms with Crippen LogP contribution in [0, 0.1) is 6.92 Å². The summed E-state index contributed by atoms with van der Waals surface area (Å²) < 4.78 is 0.788. The van der Waals surface area contributed by atoms with Crippen molar-refractivity contribution in [2.24, 2.45) is 0 Å². The SMILES string of the molecule is Cc1cccc(Nc2nnc(S[C@@H](C)C(=O)N3c4ccccc4C[C@@H]3C)s2)c1. The molecule has 0 aliphatic carbocycles. The van der Waals surface area contributed by atoms with Crippen molar-refractivity contribution in [3.63, 3.8) is 0 Å². The van der Waals surface area contributed by atoms with Crippen molar-refractivity contribution in [1.82, 2.24) is 10.2 Å². The molecule has 1 aliphatic rings. The molecule has 5 nitrogen and oxygen atoms in total. The summed E-state index contributed by atoms with van der Waals surface area (Å²) in [7, 11) is 0. The Bertz CT molecular complexity index is 1000. The molecule has 0 bridgehead atoms. The third-order valence-corrected chi connectivity index (χ3v) is 6.76. The monoisotopic (exact) mass is 410 g/mol. The van der Waals surface area contributed by atoms with Crippen LogP contribution in [0.1, 0.15) is 25.0 Å². The van der Waals surface area contributed by atoms with Crippen LogP contribution in [-0.2, 0) is 11.2 Å². The molecule has 144 valence electrons. The fraction of sp³-hybridized carbons (Fsp3) is 0.286. The fourth-order valence-electron chi connectivity index (χ4n) is 3.45. The zero-order chi connectivity index (χ0) is 19.7. The van der Waals surface area contributed by atoms with Gasteiger partial charge in [0.15, 0.2) is 4.34 Å². The van der Waals surface area contributed by atoms with E-state index in [2.05, 4.69) is 47.6 Å². The van der Waals surface area contributed by atoms with Gasteiger partial charge < -0.3 is 10.2 Å². The minimum Gasteiger partial charge on any atom is -0.330 e. The van der Waals surface area contributed by atoms with Gasteiger partial charge in [-0.15, -0.1) is 10.2 Å². The first-order valence-electron chi connectivity index (χ1n) is 9.26. The smallest absolute Gasteiger partial charge is 0.240 e. The predicted molar refractivity (Wildman–Crippen MR) is 117 cm³/mol. The highest BCUT2D eigenvalue weighted by Crippen LogP contribution is 2.36. The molecule has 3 aromatic rings. The topological polar surface area (TPSA) is 58.1 Å². The second-order valence-electron chi connectivity index (χ2n) is 7.02. The molecule has 1 amide bonds. The highest BCUT2D eigenvalue weighted by Gasteiger charge is 2.33. The number of carbonyl (C=O) groups is 1. The lowest BCUT2D eigenvalue weighted by molar-refractivity contribution is -0.118. The largest absolute Gasteiger partial charge is 0.330 e. The number of nitrogens with one attached hydrogen (secondary N) is 1. The fourth-order valence-corrected chi connectivity index (χ4v) is 5.42. The van der Waals surface area contributed by atoms with Gasteiger partial charge in [0, 0.05) is 17.4 Å². The first kappa shape index (κ1) is 19.0. The molecule has 7 heteroatoms. The number of nitrogens with zero attached hydrogens (tertiary/aromatic N) is 3. The molecular formula is C21H22N4OS2.